The van der Waals surface area contributed by atoms with Crippen molar-refractivity contribution < 1.29 is 9.69 Å². The molecule has 3 atom stereocenters. The molecule has 1 N–H and O–H groups in total. The van der Waals surface area contributed by atoms with Crippen molar-refractivity contribution >= 4 is 5.78 Å². The zero-order chi connectivity index (χ0) is 9.54. The van der Waals surface area contributed by atoms with Crippen molar-refractivity contribution in [1.29, 1.82) is 0 Å². The van der Waals surface area contributed by atoms with Crippen LogP contribution in [0.4, 0.5) is 0 Å². The van der Waals surface area contributed by atoms with E-state index in [1.165, 1.54) is 51.6 Å². The summed E-state index contributed by atoms with van der Waals surface area (Å²) < 4.78 is 0. The maximum absolute atomic E-state index is 11.9. The van der Waals surface area contributed by atoms with E-state index in [9.17, 15) is 4.79 Å². The van der Waals surface area contributed by atoms with Gasteiger partial charge in [-0.25, -0.2) is 0 Å². The molecule has 14 heavy (non-hydrogen) atoms. The van der Waals surface area contributed by atoms with Gasteiger partial charge in [-0.05, 0) is 19.3 Å². The van der Waals surface area contributed by atoms with E-state index in [1.54, 1.807) is 4.90 Å². The predicted octanol–water partition coefficient (Wildman–Crippen LogP) is 0.423. The van der Waals surface area contributed by atoms with E-state index in [1.807, 2.05) is 0 Å². The number of fused-ring (bicyclic) bond motifs is 2. The Hall–Kier alpha value is -0.370. The second-order valence-corrected chi connectivity index (χ2v) is 5.33. The minimum Gasteiger partial charge on any atom is -0.332 e. The molecule has 3 rings (SSSR count). The van der Waals surface area contributed by atoms with Crippen LogP contribution >= 0.6 is 0 Å². The lowest BCUT2D eigenvalue weighted by atomic mass is 9.83. The maximum Gasteiger partial charge on any atom is 0.144 e. The van der Waals surface area contributed by atoms with Gasteiger partial charge in [-0.1, -0.05) is 0 Å². The molecule has 2 nitrogen and oxygen atoms in total. The molecule has 0 radical (unpaired) electrons. The first kappa shape index (κ1) is 8.90. The molecule has 2 heteroatoms. The van der Waals surface area contributed by atoms with Gasteiger partial charge >= 0.3 is 0 Å². The van der Waals surface area contributed by atoms with E-state index >= 15 is 0 Å². The van der Waals surface area contributed by atoms with Crippen LogP contribution in [0.5, 0.6) is 0 Å². The van der Waals surface area contributed by atoms with Crippen molar-refractivity contribution in [2.75, 3.05) is 13.1 Å². The van der Waals surface area contributed by atoms with Crippen LogP contribution in [0.1, 0.15) is 38.5 Å². The third kappa shape index (κ3) is 1.23. The highest BCUT2D eigenvalue weighted by molar-refractivity contribution is 5.86. The fourth-order valence-corrected chi connectivity index (χ4v) is 3.92. The summed E-state index contributed by atoms with van der Waals surface area (Å²) >= 11 is 0. The zero-order valence-electron chi connectivity index (χ0n) is 8.80. The van der Waals surface area contributed by atoms with E-state index in [4.69, 9.17) is 0 Å². The molecule has 0 aromatic carbocycles. The molecule has 0 amide bonds. The number of nitrogens with one attached hydrogen (secondary N) is 1. The lowest BCUT2D eigenvalue weighted by Crippen LogP contribution is -3.15. The fraction of sp³-hybridized carbons (Fsp3) is 0.917. The highest BCUT2D eigenvalue weighted by Gasteiger charge is 2.47. The molecule has 0 aromatic rings. The Morgan fingerprint density at radius 3 is 2.50 bits per heavy atom. The number of hydrogen-bond donors (Lipinski definition) is 1. The highest BCUT2D eigenvalue weighted by atomic mass is 16.1. The lowest BCUT2D eigenvalue weighted by Gasteiger charge is -2.32. The second kappa shape index (κ2) is 3.34. The van der Waals surface area contributed by atoms with Gasteiger partial charge in [0, 0.05) is 25.2 Å². The third-order valence-electron chi connectivity index (χ3n) is 4.68. The van der Waals surface area contributed by atoms with Crippen molar-refractivity contribution in [2.45, 2.75) is 44.6 Å². The molecule has 0 aromatic heterocycles. The Morgan fingerprint density at radius 2 is 1.71 bits per heavy atom. The summed E-state index contributed by atoms with van der Waals surface area (Å²) in [6.45, 7) is 2.66. The largest absolute Gasteiger partial charge is 0.332 e. The van der Waals surface area contributed by atoms with Gasteiger partial charge in [-0.3, -0.25) is 4.79 Å². The molecule has 2 saturated carbocycles. The predicted molar refractivity (Wildman–Crippen MR) is 54.2 cm³/mol. The first-order chi connectivity index (χ1) is 6.86. The molecule has 1 saturated heterocycles. The molecule has 0 unspecified atom stereocenters. The first-order valence-electron chi connectivity index (χ1n) is 6.24. The quantitative estimate of drug-likeness (QED) is 0.642. The third-order valence-corrected chi connectivity index (χ3v) is 4.68. The number of carbonyl (C=O) groups is 1. The second-order valence-electron chi connectivity index (χ2n) is 5.33. The molecule has 0 spiro atoms. The average molecular weight is 194 g/mol. The van der Waals surface area contributed by atoms with Crippen LogP contribution in [-0.2, 0) is 4.79 Å². The monoisotopic (exact) mass is 194 g/mol. The highest BCUT2D eigenvalue weighted by Crippen LogP contribution is 2.38. The fourth-order valence-electron chi connectivity index (χ4n) is 3.92. The van der Waals surface area contributed by atoms with Crippen LogP contribution in [0.15, 0.2) is 0 Å². The van der Waals surface area contributed by atoms with Crippen molar-refractivity contribution in [3.8, 4) is 0 Å². The zero-order valence-corrected chi connectivity index (χ0v) is 8.80. The molecule has 78 valence electrons. The molecule has 2 bridgehead atoms. The van der Waals surface area contributed by atoms with Crippen LogP contribution in [-0.4, -0.2) is 24.9 Å². The minimum absolute atomic E-state index is 0.460. The van der Waals surface area contributed by atoms with Gasteiger partial charge in [0.25, 0.3) is 0 Å². The summed E-state index contributed by atoms with van der Waals surface area (Å²) in [4.78, 5) is 13.7. The Labute approximate surface area is 85.7 Å². The van der Waals surface area contributed by atoms with Gasteiger partial charge in [0.05, 0.1) is 25.0 Å². The summed E-state index contributed by atoms with van der Waals surface area (Å²) in [6.07, 6.45) is 7.71. The van der Waals surface area contributed by atoms with Crippen LogP contribution in [0.25, 0.3) is 0 Å². The van der Waals surface area contributed by atoms with Crippen molar-refractivity contribution in [3.63, 3.8) is 0 Å². The molecule has 3 fully saturated rings. The van der Waals surface area contributed by atoms with E-state index < -0.39 is 0 Å². The van der Waals surface area contributed by atoms with Crippen LogP contribution < -0.4 is 4.90 Å². The molecule has 2 aliphatic carbocycles. The van der Waals surface area contributed by atoms with Crippen LogP contribution in [0.2, 0.25) is 0 Å². The lowest BCUT2D eigenvalue weighted by molar-refractivity contribution is -0.917. The normalized spacial score (nSPS) is 43.4. The van der Waals surface area contributed by atoms with Crippen molar-refractivity contribution in [3.05, 3.63) is 0 Å². The Morgan fingerprint density at radius 1 is 1.00 bits per heavy atom. The van der Waals surface area contributed by atoms with Gasteiger partial charge < -0.3 is 4.90 Å². The Balaban J connectivity index is 1.76. The van der Waals surface area contributed by atoms with E-state index in [0.29, 0.717) is 23.7 Å². The van der Waals surface area contributed by atoms with Gasteiger partial charge in [-0.2, -0.15) is 0 Å². The first-order valence-corrected chi connectivity index (χ1v) is 6.24. The summed E-state index contributed by atoms with van der Waals surface area (Å²) in [6, 6.07) is 0.712. The SMILES string of the molecule is O=C1[C@@H]2CC[C@H]1[C@H]([NH+]1CCCC1)CC2. The molecular weight excluding hydrogens is 174 g/mol. The number of quaternary nitrogens is 1. The Kier molecular flexibility index (Phi) is 2.12. The summed E-state index contributed by atoms with van der Waals surface area (Å²) in [5, 5.41) is 0. The van der Waals surface area contributed by atoms with Crippen LogP contribution in [0.3, 0.4) is 0 Å². The smallest absolute Gasteiger partial charge is 0.144 e. The summed E-state index contributed by atoms with van der Waals surface area (Å²) in [5.41, 5.74) is 0. The van der Waals surface area contributed by atoms with E-state index in [2.05, 4.69) is 0 Å². The van der Waals surface area contributed by atoms with Gasteiger partial charge in [0.15, 0.2) is 0 Å². The van der Waals surface area contributed by atoms with Crippen LogP contribution in [0, 0.1) is 11.8 Å². The van der Waals surface area contributed by atoms with E-state index in [0.717, 1.165) is 0 Å². The Bertz CT molecular complexity index is 245. The molecule has 3 aliphatic rings. The molecular formula is C12H20NO+. The average Bonchev–Trinajstić information content (AvgIpc) is 2.76. The van der Waals surface area contributed by atoms with Crippen molar-refractivity contribution in [1.82, 2.24) is 0 Å². The number of hydrogen-bond acceptors (Lipinski definition) is 1. The number of carbonyl (C=O) groups excluding carboxylic acids is 1. The number of likely N-dealkylation sites (tertiary alicyclic amines) is 1. The number of rotatable bonds is 1. The summed E-state index contributed by atoms with van der Waals surface area (Å²) in [5.74, 6) is 1.56. The molecule has 1 heterocycles. The molecule has 1 aliphatic heterocycles. The van der Waals surface area contributed by atoms with Crippen molar-refractivity contribution in [2.24, 2.45) is 11.8 Å². The van der Waals surface area contributed by atoms with E-state index in [-0.39, 0.29) is 0 Å². The topological polar surface area (TPSA) is 21.5 Å². The standard InChI is InChI=1S/C12H19NO/c14-12-9-3-5-10(12)11(6-4-9)13-7-1-2-8-13/h9-11H,1-8H2/p+1/t9-,10+,11-/m1/s1. The number of Topliss-reactive ketones (excluding diaryl/α,β-unsaturated/α-hetero) is 1. The van der Waals surface area contributed by atoms with Gasteiger partial charge in [0.1, 0.15) is 5.78 Å². The minimum atomic E-state index is 0.460. The summed E-state index contributed by atoms with van der Waals surface area (Å²) in [7, 11) is 0. The van der Waals surface area contributed by atoms with Gasteiger partial charge in [-0.15, -0.1) is 0 Å². The number of ketones is 1. The maximum atomic E-state index is 11.9. The van der Waals surface area contributed by atoms with Gasteiger partial charge in [0.2, 0.25) is 0 Å².